The first kappa shape index (κ1) is 5.10. The SMILES string of the molecule is O/B=[SiH]/O[SiH3]. The Morgan fingerprint density at radius 2 is 2.60 bits per heavy atom. The molecule has 5 heteroatoms. The Balaban J connectivity index is 2.62. The predicted molar refractivity (Wildman–Crippen MR) is 26.1 cm³/mol. The first-order valence-corrected chi connectivity index (χ1v) is 3.19. The first-order valence-electron chi connectivity index (χ1n) is 1.24. The van der Waals surface area contributed by atoms with Gasteiger partial charge in [0.25, 0.3) is 0 Å². The quantitative estimate of drug-likeness (QED) is 0.363. The van der Waals surface area contributed by atoms with Gasteiger partial charge in [0.05, 0.1) is 0 Å². The van der Waals surface area contributed by atoms with Crippen LogP contribution < -0.4 is 0 Å². The molecule has 0 unspecified atom stereocenters. The van der Waals surface area contributed by atoms with Crippen LogP contribution in [-0.4, -0.2) is 31.4 Å². The fourth-order valence-electron chi connectivity index (χ4n) is 0.0609. The summed E-state index contributed by atoms with van der Waals surface area (Å²) in [7, 11) is 0.552. The number of hydrogen-bond donors (Lipinski definition) is 1. The maximum atomic E-state index is 7.88. The van der Waals surface area contributed by atoms with E-state index in [1.54, 1.807) is 0 Å². The Morgan fingerprint density at radius 1 is 2.00 bits per heavy atom. The zero-order valence-corrected chi connectivity index (χ0v) is 6.16. The van der Waals surface area contributed by atoms with Gasteiger partial charge in [-0.15, -0.1) is 0 Å². The summed E-state index contributed by atoms with van der Waals surface area (Å²) in [6, 6.07) is 0. The van der Waals surface area contributed by atoms with Gasteiger partial charge in [-0.1, -0.05) is 0 Å². The van der Waals surface area contributed by atoms with E-state index in [1.165, 1.54) is 0 Å². The second kappa shape index (κ2) is 4.10. The summed E-state index contributed by atoms with van der Waals surface area (Å²) in [4.78, 5) is 0. The van der Waals surface area contributed by atoms with E-state index in [9.17, 15) is 0 Å². The normalized spacial score (nSPS) is 8.00. The van der Waals surface area contributed by atoms with Crippen LogP contribution in [-0.2, 0) is 4.12 Å². The predicted octanol–water partition coefficient (Wildman–Crippen LogP) is -2.84. The Morgan fingerprint density at radius 3 is 2.60 bits per heavy atom. The van der Waals surface area contributed by atoms with Crippen LogP contribution in [0.4, 0.5) is 0 Å². The molecule has 0 aromatic rings. The van der Waals surface area contributed by atoms with Crippen LogP contribution >= 0.6 is 0 Å². The average Bonchev–Trinajstić information content (AvgIpc) is 1.41. The molecule has 0 aliphatic carbocycles. The van der Waals surface area contributed by atoms with Crippen molar-refractivity contribution in [2.75, 3.05) is 0 Å². The summed E-state index contributed by atoms with van der Waals surface area (Å²) in [6.07, 6.45) is 0. The average molecular weight is 104 g/mol. The molecular weight excluding hydrogens is 99.0 g/mol. The topological polar surface area (TPSA) is 29.5 Å². The molecule has 2 nitrogen and oxygen atoms in total. The third kappa shape index (κ3) is 4.10. The van der Waals surface area contributed by atoms with Crippen LogP contribution in [0, 0.1) is 0 Å². The maximum absolute atomic E-state index is 7.88. The van der Waals surface area contributed by atoms with Crippen LogP contribution in [0.3, 0.4) is 0 Å². The molecule has 0 spiro atoms. The summed E-state index contributed by atoms with van der Waals surface area (Å²) in [6.45, 7) is 1.08. The van der Waals surface area contributed by atoms with E-state index >= 15 is 0 Å². The van der Waals surface area contributed by atoms with Gasteiger partial charge in [0.1, 0.15) is 0 Å². The molecule has 5 heavy (non-hydrogen) atoms. The minimum atomic E-state index is -0.193. The van der Waals surface area contributed by atoms with Crippen molar-refractivity contribution in [2.45, 2.75) is 0 Å². The van der Waals surface area contributed by atoms with Gasteiger partial charge < -0.3 is 0 Å². The summed E-state index contributed by atoms with van der Waals surface area (Å²) < 4.78 is 4.61. The van der Waals surface area contributed by atoms with E-state index in [4.69, 9.17) is 5.02 Å². The van der Waals surface area contributed by atoms with Gasteiger partial charge in [-0.3, -0.25) is 0 Å². The number of hydrogen-bond acceptors (Lipinski definition) is 2. The third-order valence-corrected chi connectivity index (χ3v) is 1.41. The molecule has 0 fully saturated rings. The Hall–Kier alpha value is 0.0987. The summed E-state index contributed by atoms with van der Waals surface area (Å²) in [5, 5.41) is 7.88. The van der Waals surface area contributed by atoms with Crippen LogP contribution in [0.2, 0.25) is 0 Å². The second-order valence-electron chi connectivity index (χ2n) is 0.521. The standard InChI is InChI=1S/BH5O2Si2/c2-1-5-3-4/h2,5H,4H3. The zero-order chi connectivity index (χ0) is 4.12. The zero-order valence-electron chi connectivity index (χ0n) is 3.01. The van der Waals surface area contributed by atoms with Crippen molar-refractivity contribution in [3.8, 4) is 0 Å². The molecule has 0 bridgehead atoms. The van der Waals surface area contributed by atoms with E-state index in [-0.39, 0.29) is 9.23 Å². The molecule has 0 aromatic carbocycles. The molecule has 0 aliphatic heterocycles. The minimum absolute atomic E-state index is 0.193. The van der Waals surface area contributed by atoms with Gasteiger partial charge in [0.2, 0.25) is 0 Å². The molecule has 0 aromatic heterocycles. The van der Waals surface area contributed by atoms with Gasteiger partial charge >= 0.3 is 35.5 Å². The molecule has 0 amide bonds. The van der Waals surface area contributed by atoms with Crippen molar-refractivity contribution in [3.63, 3.8) is 0 Å². The van der Waals surface area contributed by atoms with Gasteiger partial charge in [0, 0.05) is 0 Å². The van der Waals surface area contributed by atoms with Crippen molar-refractivity contribution < 1.29 is 9.14 Å². The molecule has 0 saturated heterocycles. The number of rotatable bonds is 1. The third-order valence-electron chi connectivity index (χ3n) is 0.197. The van der Waals surface area contributed by atoms with Crippen molar-refractivity contribution in [3.05, 3.63) is 0 Å². The molecule has 0 heterocycles. The molecule has 0 atom stereocenters. The molecular formula is H5BO2Si2. The van der Waals surface area contributed by atoms with Gasteiger partial charge in [-0.05, 0) is 0 Å². The van der Waals surface area contributed by atoms with Crippen LogP contribution in [0.1, 0.15) is 0 Å². The fourth-order valence-corrected chi connectivity index (χ4v) is 0.548. The van der Waals surface area contributed by atoms with E-state index in [0.29, 0.717) is 0 Å². The second-order valence-corrected chi connectivity index (χ2v) is 2.98. The Bertz CT molecular complexity index is 34.6. The monoisotopic (exact) mass is 104 g/mol. The van der Waals surface area contributed by atoms with Crippen molar-refractivity contribution in [1.29, 1.82) is 0 Å². The molecule has 0 aliphatic rings. The Labute approximate surface area is 36.4 Å². The summed E-state index contributed by atoms with van der Waals surface area (Å²) in [5.41, 5.74) is 0. The van der Waals surface area contributed by atoms with Crippen LogP contribution in [0.5, 0.6) is 0 Å². The van der Waals surface area contributed by atoms with Crippen molar-refractivity contribution in [2.24, 2.45) is 0 Å². The van der Waals surface area contributed by atoms with Gasteiger partial charge in [0.15, 0.2) is 0 Å². The molecule has 28 valence electrons. The summed E-state index contributed by atoms with van der Waals surface area (Å²) in [5.74, 6) is 0. The Kier molecular flexibility index (Phi) is 4.18. The molecule has 0 rings (SSSR count). The molecule has 0 radical (unpaired) electrons. The molecule has 1 N–H and O–H groups in total. The summed E-state index contributed by atoms with van der Waals surface area (Å²) >= 11 is 0. The van der Waals surface area contributed by atoms with E-state index in [2.05, 4.69) is 4.12 Å². The van der Waals surface area contributed by atoms with Crippen LogP contribution in [0.25, 0.3) is 0 Å². The van der Waals surface area contributed by atoms with Gasteiger partial charge in [-0.25, -0.2) is 0 Å². The van der Waals surface area contributed by atoms with E-state index < -0.39 is 0 Å². The molecule has 0 saturated carbocycles. The van der Waals surface area contributed by atoms with Gasteiger partial charge in [-0.2, -0.15) is 0 Å². The van der Waals surface area contributed by atoms with Crippen LogP contribution in [0.15, 0.2) is 0 Å². The first-order chi connectivity index (χ1) is 2.41. The van der Waals surface area contributed by atoms with Crippen molar-refractivity contribution in [1.82, 2.24) is 0 Å². The van der Waals surface area contributed by atoms with E-state index in [0.717, 1.165) is 17.2 Å². The van der Waals surface area contributed by atoms with Crippen molar-refractivity contribution >= 4 is 26.4 Å². The van der Waals surface area contributed by atoms with E-state index in [1.807, 2.05) is 0 Å². The fraction of sp³-hybridized carbons (Fsp3) is 0.